The van der Waals surface area contributed by atoms with Gasteiger partial charge in [-0.15, -0.1) is 0 Å². The highest BCUT2D eigenvalue weighted by Crippen LogP contribution is 2.29. The molecule has 2 fully saturated rings. The lowest BCUT2D eigenvalue weighted by atomic mass is 10.4. The minimum Gasteiger partial charge on any atom is -0.473 e. The first kappa shape index (κ1) is 15.0. The first-order chi connectivity index (χ1) is 8.25. The minimum atomic E-state index is 0. The van der Waals surface area contributed by atoms with Crippen LogP contribution in [0.4, 0.5) is 5.95 Å². The number of hydrogen-bond donors (Lipinski definition) is 2. The summed E-state index contributed by atoms with van der Waals surface area (Å²) in [5, 5.41) is 3.64. The summed E-state index contributed by atoms with van der Waals surface area (Å²) < 4.78 is 5.37. The van der Waals surface area contributed by atoms with Crippen molar-refractivity contribution in [1.82, 2.24) is 15.3 Å². The molecular weight excluding hydrogens is 252 g/mol. The summed E-state index contributed by atoms with van der Waals surface area (Å²) in [6, 6.07) is 0. The molecule has 1 aliphatic carbocycles. The molecule has 0 amide bonds. The van der Waals surface area contributed by atoms with Crippen molar-refractivity contribution in [2.45, 2.75) is 39.2 Å². The van der Waals surface area contributed by atoms with Gasteiger partial charge in [0.2, 0.25) is 11.8 Å². The topological polar surface area (TPSA) is 73.1 Å². The summed E-state index contributed by atoms with van der Waals surface area (Å²) in [5.41, 5.74) is 5.36. The van der Waals surface area contributed by atoms with Gasteiger partial charge in [-0.3, -0.25) is 0 Å². The molecular formula is C12H21ClN4O. The van der Waals surface area contributed by atoms with Crippen LogP contribution in [0.15, 0.2) is 6.20 Å². The van der Waals surface area contributed by atoms with Crippen LogP contribution in [0.3, 0.4) is 0 Å². The van der Waals surface area contributed by atoms with Crippen molar-refractivity contribution in [3.63, 3.8) is 0 Å². The van der Waals surface area contributed by atoms with Crippen molar-refractivity contribution >= 4 is 17.5 Å². The SMILES string of the molecule is C.C1CCNC1.Nc1ncc(Cl)c(OC2CC2)n1. The second-order valence-corrected chi connectivity index (χ2v) is 4.56. The van der Waals surface area contributed by atoms with E-state index in [0.717, 1.165) is 12.8 Å². The number of ether oxygens (including phenoxy) is 1. The highest BCUT2D eigenvalue weighted by molar-refractivity contribution is 6.31. The fourth-order valence-corrected chi connectivity index (χ4v) is 1.55. The third-order valence-corrected chi connectivity index (χ3v) is 2.75. The Kier molecular flexibility index (Phi) is 6.15. The molecule has 2 heterocycles. The van der Waals surface area contributed by atoms with Crippen LogP contribution in [0, 0.1) is 0 Å². The lowest BCUT2D eigenvalue weighted by Crippen LogP contribution is -2.03. The highest BCUT2D eigenvalue weighted by atomic mass is 35.5. The Balaban J connectivity index is 0.000000230. The summed E-state index contributed by atoms with van der Waals surface area (Å²) >= 11 is 5.76. The summed E-state index contributed by atoms with van der Waals surface area (Å²) in [7, 11) is 0. The maximum atomic E-state index is 5.76. The summed E-state index contributed by atoms with van der Waals surface area (Å²) in [5.74, 6) is 0.585. The van der Waals surface area contributed by atoms with E-state index in [2.05, 4.69) is 15.3 Å². The number of nitrogens with zero attached hydrogens (tertiary/aromatic N) is 2. The van der Waals surface area contributed by atoms with Crippen LogP contribution >= 0.6 is 11.6 Å². The Hall–Kier alpha value is -1.07. The van der Waals surface area contributed by atoms with E-state index in [4.69, 9.17) is 22.1 Å². The second kappa shape index (κ2) is 7.38. The standard InChI is InChI=1S/C7H8ClN3O.C4H9N.CH4/c8-5-3-10-7(9)11-6(5)12-4-1-2-4;1-2-4-5-3-1;/h3-4H,1-2H2,(H2,9,10,11);5H,1-4H2;1H4. The predicted molar refractivity (Wildman–Crippen MR) is 73.9 cm³/mol. The first-order valence-electron chi connectivity index (χ1n) is 5.91. The van der Waals surface area contributed by atoms with Gasteiger partial charge < -0.3 is 15.8 Å². The van der Waals surface area contributed by atoms with Crippen molar-refractivity contribution in [3.8, 4) is 5.88 Å². The monoisotopic (exact) mass is 272 g/mol. The van der Waals surface area contributed by atoms with E-state index in [-0.39, 0.29) is 19.5 Å². The highest BCUT2D eigenvalue weighted by Gasteiger charge is 2.25. The Bertz CT molecular complexity index is 359. The fourth-order valence-electron chi connectivity index (χ4n) is 1.42. The predicted octanol–water partition coefficient (Wildman–Crippen LogP) is 2.26. The molecule has 2 aliphatic rings. The zero-order chi connectivity index (χ0) is 12.1. The fraction of sp³-hybridized carbons (Fsp3) is 0.667. The molecule has 3 N–H and O–H groups in total. The number of nitrogens with two attached hydrogens (primary N) is 1. The van der Waals surface area contributed by atoms with Crippen molar-refractivity contribution in [2.75, 3.05) is 18.8 Å². The molecule has 0 radical (unpaired) electrons. The molecule has 1 aromatic heterocycles. The Morgan fingerprint density at radius 3 is 2.50 bits per heavy atom. The van der Waals surface area contributed by atoms with Crippen molar-refractivity contribution in [3.05, 3.63) is 11.2 Å². The molecule has 0 unspecified atom stereocenters. The van der Waals surface area contributed by atoms with Gasteiger partial charge in [-0.1, -0.05) is 19.0 Å². The van der Waals surface area contributed by atoms with Gasteiger partial charge in [0.25, 0.3) is 0 Å². The quantitative estimate of drug-likeness (QED) is 0.864. The van der Waals surface area contributed by atoms with E-state index < -0.39 is 0 Å². The molecule has 0 spiro atoms. The van der Waals surface area contributed by atoms with Gasteiger partial charge in [0.05, 0.1) is 6.20 Å². The first-order valence-corrected chi connectivity index (χ1v) is 6.29. The molecule has 6 heteroatoms. The summed E-state index contributed by atoms with van der Waals surface area (Å²) in [4.78, 5) is 7.59. The maximum absolute atomic E-state index is 5.76. The molecule has 0 atom stereocenters. The van der Waals surface area contributed by atoms with Crippen LogP contribution in [0.25, 0.3) is 0 Å². The molecule has 1 saturated carbocycles. The van der Waals surface area contributed by atoms with Crippen molar-refractivity contribution < 1.29 is 4.74 Å². The zero-order valence-electron chi connectivity index (χ0n) is 9.66. The Morgan fingerprint density at radius 2 is 2.00 bits per heavy atom. The van der Waals surface area contributed by atoms with Crippen LogP contribution in [-0.2, 0) is 0 Å². The van der Waals surface area contributed by atoms with Crippen molar-refractivity contribution in [1.29, 1.82) is 0 Å². The van der Waals surface area contributed by atoms with Gasteiger partial charge in [-0.2, -0.15) is 4.98 Å². The van der Waals surface area contributed by atoms with E-state index in [1.165, 1.54) is 32.1 Å². The number of hydrogen-bond acceptors (Lipinski definition) is 5. The number of halogens is 1. The van der Waals surface area contributed by atoms with Crippen molar-refractivity contribution in [2.24, 2.45) is 0 Å². The van der Waals surface area contributed by atoms with E-state index in [9.17, 15) is 0 Å². The third kappa shape index (κ3) is 5.06. The van der Waals surface area contributed by atoms with Crippen LogP contribution < -0.4 is 15.8 Å². The van der Waals surface area contributed by atoms with Gasteiger partial charge in [0.15, 0.2) is 0 Å². The van der Waals surface area contributed by atoms with Gasteiger partial charge in [0.1, 0.15) is 11.1 Å². The van der Waals surface area contributed by atoms with E-state index in [1.807, 2.05) is 0 Å². The minimum absolute atomic E-state index is 0. The second-order valence-electron chi connectivity index (χ2n) is 4.16. The smallest absolute Gasteiger partial charge is 0.237 e. The molecule has 18 heavy (non-hydrogen) atoms. The average molecular weight is 273 g/mol. The molecule has 0 bridgehead atoms. The number of nitrogens with one attached hydrogen (secondary N) is 1. The Morgan fingerprint density at radius 1 is 1.33 bits per heavy atom. The normalized spacial score (nSPS) is 17.4. The lowest BCUT2D eigenvalue weighted by molar-refractivity contribution is 0.291. The molecule has 0 aromatic carbocycles. The largest absolute Gasteiger partial charge is 0.473 e. The molecule has 1 saturated heterocycles. The number of nitrogen functional groups attached to an aromatic ring is 1. The number of rotatable bonds is 2. The van der Waals surface area contributed by atoms with Crippen LogP contribution in [0.5, 0.6) is 5.88 Å². The molecule has 1 aromatic rings. The molecule has 5 nitrogen and oxygen atoms in total. The molecule has 102 valence electrons. The van der Waals surface area contributed by atoms with Crippen LogP contribution in [-0.4, -0.2) is 29.2 Å². The van der Waals surface area contributed by atoms with Crippen LogP contribution in [0.1, 0.15) is 33.1 Å². The van der Waals surface area contributed by atoms with Gasteiger partial charge >= 0.3 is 0 Å². The number of aromatic nitrogens is 2. The molecule has 1 aliphatic heterocycles. The van der Waals surface area contributed by atoms with Gasteiger partial charge in [-0.05, 0) is 38.8 Å². The van der Waals surface area contributed by atoms with Gasteiger partial charge in [-0.25, -0.2) is 4.98 Å². The van der Waals surface area contributed by atoms with Gasteiger partial charge in [0, 0.05) is 0 Å². The third-order valence-electron chi connectivity index (χ3n) is 2.49. The number of anilines is 1. The summed E-state index contributed by atoms with van der Waals surface area (Å²) in [6.45, 7) is 2.50. The average Bonchev–Trinajstić information content (AvgIpc) is 2.94. The zero-order valence-corrected chi connectivity index (χ0v) is 10.4. The van der Waals surface area contributed by atoms with E-state index >= 15 is 0 Å². The summed E-state index contributed by atoms with van der Waals surface area (Å²) in [6.07, 6.45) is 6.64. The maximum Gasteiger partial charge on any atom is 0.237 e. The molecule has 3 rings (SSSR count). The Labute approximate surface area is 113 Å². The lowest BCUT2D eigenvalue weighted by Gasteiger charge is -2.04. The van der Waals surface area contributed by atoms with E-state index in [0.29, 0.717) is 10.9 Å². The van der Waals surface area contributed by atoms with E-state index in [1.54, 1.807) is 0 Å². The van der Waals surface area contributed by atoms with Crippen LogP contribution in [0.2, 0.25) is 5.02 Å².